The molecule has 1 heterocycles. The van der Waals surface area contributed by atoms with Gasteiger partial charge in [0.25, 0.3) is 0 Å². The Morgan fingerprint density at radius 3 is 2.54 bits per heavy atom. The van der Waals surface area contributed by atoms with E-state index in [9.17, 15) is 13.6 Å². The Hall–Kier alpha value is -3.36. The Morgan fingerprint density at radius 1 is 1.18 bits per heavy atom. The molecule has 7 nitrogen and oxygen atoms in total. The maximum absolute atomic E-state index is 14.3. The van der Waals surface area contributed by atoms with Gasteiger partial charge in [0.2, 0.25) is 0 Å². The molecule has 0 aliphatic heterocycles. The van der Waals surface area contributed by atoms with Crippen LogP contribution < -0.4 is 10.6 Å². The molecular weight excluding hydrogens is 366 g/mol. The summed E-state index contributed by atoms with van der Waals surface area (Å²) in [5.41, 5.74) is 0.918. The molecule has 2 aromatic carbocycles. The van der Waals surface area contributed by atoms with Crippen LogP contribution in [0.2, 0.25) is 0 Å². The second-order valence-corrected chi connectivity index (χ2v) is 6.87. The molecule has 0 bridgehead atoms. The van der Waals surface area contributed by atoms with E-state index in [0.29, 0.717) is 24.2 Å². The van der Waals surface area contributed by atoms with Crippen molar-refractivity contribution < 1.29 is 13.6 Å². The summed E-state index contributed by atoms with van der Waals surface area (Å²) in [7, 11) is 0. The SMILES string of the molecule is Cc1ccc(-n2cnnn2)cc1NC(=O)NC1(c2c(F)cccc2F)CCC1. The lowest BCUT2D eigenvalue weighted by molar-refractivity contribution is 0.175. The lowest BCUT2D eigenvalue weighted by Gasteiger charge is -2.43. The first-order valence-corrected chi connectivity index (χ1v) is 8.86. The summed E-state index contributed by atoms with van der Waals surface area (Å²) in [6.07, 6.45) is 3.17. The van der Waals surface area contributed by atoms with Crippen LogP contribution in [0, 0.1) is 18.6 Å². The second-order valence-electron chi connectivity index (χ2n) is 6.87. The fraction of sp³-hybridized carbons (Fsp3) is 0.263. The van der Waals surface area contributed by atoms with Crippen molar-refractivity contribution in [1.29, 1.82) is 0 Å². The molecule has 9 heteroatoms. The number of anilines is 1. The average Bonchev–Trinajstić information content (AvgIpc) is 3.15. The second kappa shape index (κ2) is 6.99. The molecule has 3 aromatic rings. The van der Waals surface area contributed by atoms with Gasteiger partial charge in [-0.15, -0.1) is 5.10 Å². The molecule has 0 radical (unpaired) electrons. The summed E-state index contributed by atoms with van der Waals surface area (Å²) < 4.78 is 30.0. The lowest BCUT2D eigenvalue weighted by atomic mass is 9.71. The van der Waals surface area contributed by atoms with Crippen LogP contribution in [0.4, 0.5) is 19.3 Å². The van der Waals surface area contributed by atoms with Crippen LogP contribution in [-0.2, 0) is 5.54 Å². The van der Waals surface area contributed by atoms with Crippen molar-refractivity contribution in [2.24, 2.45) is 0 Å². The van der Waals surface area contributed by atoms with E-state index in [2.05, 4.69) is 26.2 Å². The Kier molecular flexibility index (Phi) is 4.50. The Bertz CT molecular complexity index is 997. The third-order valence-corrected chi connectivity index (χ3v) is 5.08. The number of halogens is 2. The van der Waals surface area contributed by atoms with Crippen LogP contribution in [0.5, 0.6) is 0 Å². The summed E-state index contributed by atoms with van der Waals surface area (Å²) in [5.74, 6) is -1.31. The number of rotatable bonds is 4. The molecule has 144 valence electrons. The van der Waals surface area contributed by atoms with E-state index in [1.807, 2.05) is 19.1 Å². The van der Waals surface area contributed by atoms with E-state index < -0.39 is 23.2 Å². The van der Waals surface area contributed by atoms with E-state index in [1.165, 1.54) is 29.2 Å². The van der Waals surface area contributed by atoms with Gasteiger partial charge in [0, 0.05) is 11.3 Å². The molecule has 0 atom stereocenters. The predicted octanol–water partition coefficient (Wildman–Crippen LogP) is 3.45. The molecule has 0 spiro atoms. The highest BCUT2D eigenvalue weighted by molar-refractivity contribution is 5.91. The van der Waals surface area contributed by atoms with Crippen LogP contribution >= 0.6 is 0 Å². The topological polar surface area (TPSA) is 84.7 Å². The van der Waals surface area contributed by atoms with E-state index in [1.54, 1.807) is 6.07 Å². The van der Waals surface area contributed by atoms with Crippen molar-refractivity contribution in [3.8, 4) is 5.69 Å². The number of carbonyl (C=O) groups is 1. The number of nitrogens with one attached hydrogen (secondary N) is 2. The van der Waals surface area contributed by atoms with Gasteiger partial charge in [-0.1, -0.05) is 12.1 Å². The molecule has 1 fully saturated rings. The minimum atomic E-state index is -1.04. The van der Waals surface area contributed by atoms with Gasteiger partial charge in [0.15, 0.2) is 0 Å². The highest BCUT2D eigenvalue weighted by Gasteiger charge is 2.44. The zero-order valence-corrected chi connectivity index (χ0v) is 15.1. The zero-order chi connectivity index (χ0) is 19.7. The van der Waals surface area contributed by atoms with E-state index >= 15 is 0 Å². The number of benzene rings is 2. The van der Waals surface area contributed by atoms with Gasteiger partial charge in [-0.05, 0) is 66.4 Å². The van der Waals surface area contributed by atoms with E-state index in [4.69, 9.17) is 0 Å². The van der Waals surface area contributed by atoms with Crippen molar-refractivity contribution in [1.82, 2.24) is 25.5 Å². The van der Waals surface area contributed by atoms with Gasteiger partial charge in [0.1, 0.15) is 18.0 Å². The summed E-state index contributed by atoms with van der Waals surface area (Å²) in [6.45, 7) is 1.84. The number of aromatic nitrogens is 4. The molecule has 2 N–H and O–H groups in total. The monoisotopic (exact) mass is 384 g/mol. The Labute approximate surface area is 159 Å². The van der Waals surface area contributed by atoms with Crippen LogP contribution in [-0.4, -0.2) is 26.2 Å². The van der Waals surface area contributed by atoms with Crippen molar-refractivity contribution in [3.05, 3.63) is 65.5 Å². The molecular formula is C19H18F2N6O. The first-order valence-electron chi connectivity index (χ1n) is 8.86. The molecule has 28 heavy (non-hydrogen) atoms. The summed E-state index contributed by atoms with van der Waals surface area (Å²) in [5, 5.41) is 16.6. The molecule has 1 aliphatic rings. The highest BCUT2D eigenvalue weighted by atomic mass is 19.1. The van der Waals surface area contributed by atoms with Gasteiger partial charge in [-0.3, -0.25) is 0 Å². The van der Waals surface area contributed by atoms with Crippen LogP contribution in [0.3, 0.4) is 0 Å². The van der Waals surface area contributed by atoms with Gasteiger partial charge in [-0.2, -0.15) is 0 Å². The first kappa shape index (κ1) is 18.0. The van der Waals surface area contributed by atoms with Crippen molar-refractivity contribution >= 4 is 11.7 Å². The average molecular weight is 384 g/mol. The fourth-order valence-corrected chi connectivity index (χ4v) is 3.46. The maximum Gasteiger partial charge on any atom is 0.319 e. The zero-order valence-electron chi connectivity index (χ0n) is 15.1. The molecule has 1 saturated carbocycles. The van der Waals surface area contributed by atoms with Crippen molar-refractivity contribution in [2.75, 3.05) is 5.32 Å². The third-order valence-electron chi connectivity index (χ3n) is 5.08. The Balaban J connectivity index is 1.57. The van der Waals surface area contributed by atoms with Gasteiger partial charge < -0.3 is 10.6 Å². The largest absolute Gasteiger partial charge is 0.328 e. The minimum Gasteiger partial charge on any atom is -0.328 e. The standard InChI is InChI=1S/C19H18F2N6O/c1-12-6-7-13(27-11-22-25-26-27)10-16(12)23-18(28)24-19(8-3-9-19)17-14(20)4-2-5-15(17)21/h2,4-7,10-11H,3,8-9H2,1H3,(H2,23,24,28). The van der Waals surface area contributed by atoms with Crippen molar-refractivity contribution in [3.63, 3.8) is 0 Å². The molecule has 1 aliphatic carbocycles. The molecule has 1 aromatic heterocycles. The van der Waals surface area contributed by atoms with E-state index in [-0.39, 0.29) is 5.56 Å². The van der Waals surface area contributed by atoms with Gasteiger partial charge in [-0.25, -0.2) is 18.3 Å². The van der Waals surface area contributed by atoms with Crippen LogP contribution in [0.1, 0.15) is 30.4 Å². The first-order chi connectivity index (χ1) is 13.5. The number of hydrogen-bond donors (Lipinski definition) is 2. The number of urea groups is 1. The van der Waals surface area contributed by atoms with Crippen LogP contribution in [0.15, 0.2) is 42.7 Å². The van der Waals surface area contributed by atoms with Crippen molar-refractivity contribution in [2.45, 2.75) is 31.7 Å². The predicted molar refractivity (Wildman–Crippen MR) is 97.9 cm³/mol. The summed E-state index contributed by atoms with van der Waals surface area (Å²) in [4.78, 5) is 12.7. The minimum absolute atomic E-state index is 0.0874. The fourth-order valence-electron chi connectivity index (χ4n) is 3.46. The molecule has 4 rings (SSSR count). The number of hydrogen-bond acceptors (Lipinski definition) is 4. The Morgan fingerprint density at radius 2 is 1.93 bits per heavy atom. The van der Waals surface area contributed by atoms with Gasteiger partial charge in [0.05, 0.1) is 11.2 Å². The number of carbonyl (C=O) groups excluding carboxylic acids is 1. The number of aryl methyl sites for hydroxylation is 1. The third kappa shape index (κ3) is 3.19. The summed E-state index contributed by atoms with van der Waals surface area (Å²) in [6, 6.07) is 8.56. The van der Waals surface area contributed by atoms with E-state index in [0.717, 1.165) is 12.0 Å². The molecule has 0 saturated heterocycles. The molecule has 0 unspecified atom stereocenters. The number of amides is 2. The lowest BCUT2D eigenvalue weighted by Crippen LogP contribution is -2.53. The number of nitrogens with zero attached hydrogens (tertiary/aromatic N) is 4. The number of tetrazole rings is 1. The smallest absolute Gasteiger partial charge is 0.319 e. The molecule has 2 amide bonds. The maximum atomic E-state index is 14.3. The summed E-state index contributed by atoms with van der Waals surface area (Å²) >= 11 is 0. The van der Waals surface area contributed by atoms with Gasteiger partial charge >= 0.3 is 6.03 Å². The normalized spacial score (nSPS) is 15.0. The van der Waals surface area contributed by atoms with Crippen LogP contribution in [0.25, 0.3) is 5.69 Å². The quantitative estimate of drug-likeness (QED) is 0.722. The highest BCUT2D eigenvalue weighted by Crippen LogP contribution is 2.43.